The second-order valence-electron chi connectivity index (χ2n) is 5.18. The third-order valence-electron chi connectivity index (χ3n) is 4.35. The highest BCUT2D eigenvalue weighted by Gasteiger charge is 2.51. The molecule has 2 fully saturated rings. The van der Waals surface area contributed by atoms with Crippen LogP contribution in [0.25, 0.3) is 0 Å². The molecule has 1 saturated heterocycles. The molecule has 0 radical (unpaired) electrons. The Hall–Kier alpha value is -1.02. The fourth-order valence-corrected chi connectivity index (χ4v) is 3.56. The van der Waals surface area contributed by atoms with Gasteiger partial charge in [0.25, 0.3) is 0 Å². The lowest BCUT2D eigenvalue weighted by molar-refractivity contribution is -0.127. The minimum Gasteiger partial charge on any atom is -0.355 e. The second kappa shape index (κ2) is 4.02. The zero-order chi connectivity index (χ0) is 11.9. The van der Waals surface area contributed by atoms with Gasteiger partial charge in [-0.05, 0) is 30.5 Å². The van der Waals surface area contributed by atoms with E-state index in [1.807, 2.05) is 12.1 Å². The van der Waals surface area contributed by atoms with E-state index in [0.717, 1.165) is 24.4 Å². The molecule has 1 aromatic rings. The number of hydrogen-bond acceptors (Lipinski definition) is 1. The molecule has 0 bridgehead atoms. The topological polar surface area (TPSA) is 29.1 Å². The highest BCUT2D eigenvalue weighted by Crippen LogP contribution is 2.51. The van der Waals surface area contributed by atoms with Crippen molar-refractivity contribution in [2.24, 2.45) is 5.41 Å². The molecule has 1 aliphatic heterocycles. The number of nitrogens with one attached hydrogen (secondary N) is 1. The van der Waals surface area contributed by atoms with Crippen molar-refractivity contribution in [2.75, 3.05) is 6.54 Å². The van der Waals surface area contributed by atoms with Crippen molar-refractivity contribution in [2.45, 2.75) is 31.6 Å². The van der Waals surface area contributed by atoms with E-state index in [-0.39, 0.29) is 11.3 Å². The highest BCUT2D eigenvalue weighted by molar-refractivity contribution is 6.30. The summed E-state index contributed by atoms with van der Waals surface area (Å²) in [6.07, 6.45) is 4.42. The summed E-state index contributed by atoms with van der Waals surface area (Å²) in [5.41, 5.74) is 1.11. The predicted octanol–water partition coefficient (Wildman–Crippen LogP) is 3.11. The number of amides is 1. The van der Waals surface area contributed by atoms with Crippen LogP contribution >= 0.6 is 11.6 Å². The highest BCUT2D eigenvalue weighted by atomic mass is 35.5. The van der Waals surface area contributed by atoms with Crippen LogP contribution in [-0.4, -0.2) is 12.5 Å². The van der Waals surface area contributed by atoms with Crippen LogP contribution in [0.4, 0.5) is 0 Å². The van der Waals surface area contributed by atoms with Crippen LogP contribution < -0.4 is 5.32 Å². The average molecular weight is 250 g/mol. The summed E-state index contributed by atoms with van der Waals surface area (Å²) < 4.78 is 0. The Morgan fingerprint density at radius 3 is 2.47 bits per heavy atom. The van der Waals surface area contributed by atoms with E-state index >= 15 is 0 Å². The van der Waals surface area contributed by atoms with Crippen LogP contribution in [-0.2, 0) is 4.79 Å². The standard InChI is InChI=1S/C14H16ClNO/c15-11-5-3-10(4-6-11)12-9-16-13(17)14(12)7-1-2-8-14/h3-6,12H,1-2,7-9H2,(H,16,17)/t12-/m1/s1. The Balaban J connectivity index is 1.97. The fraction of sp³-hybridized carbons (Fsp3) is 0.500. The predicted molar refractivity (Wildman–Crippen MR) is 68.1 cm³/mol. The first kappa shape index (κ1) is 11.1. The molecule has 1 aromatic carbocycles. The van der Waals surface area contributed by atoms with Crippen LogP contribution in [0.1, 0.15) is 37.2 Å². The first-order valence-corrected chi connectivity index (χ1v) is 6.64. The van der Waals surface area contributed by atoms with Gasteiger partial charge in [0.15, 0.2) is 0 Å². The van der Waals surface area contributed by atoms with Crippen LogP contribution in [0, 0.1) is 5.41 Å². The van der Waals surface area contributed by atoms with Crippen LogP contribution in [0.3, 0.4) is 0 Å². The van der Waals surface area contributed by atoms with E-state index in [9.17, 15) is 4.79 Å². The lowest BCUT2D eigenvalue weighted by atomic mass is 9.73. The minimum atomic E-state index is -0.131. The van der Waals surface area contributed by atoms with Gasteiger partial charge in [-0.15, -0.1) is 0 Å². The maximum Gasteiger partial charge on any atom is 0.226 e. The molecule has 3 rings (SSSR count). The number of carbonyl (C=O) groups is 1. The summed E-state index contributed by atoms with van der Waals surface area (Å²) in [5, 5.41) is 3.80. The molecule has 0 unspecified atom stereocenters. The Labute approximate surface area is 106 Å². The normalized spacial score (nSPS) is 26.4. The molecule has 1 aliphatic carbocycles. The van der Waals surface area contributed by atoms with E-state index in [2.05, 4.69) is 17.4 Å². The van der Waals surface area contributed by atoms with Crippen molar-refractivity contribution in [1.29, 1.82) is 0 Å². The van der Waals surface area contributed by atoms with Crippen LogP contribution in [0.2, 0.25) is 5.02 Å². The van der Waals surface area contributed by atoms with Gasteiger partial charge < -0.3 is 5.32 Å². The SMILES string of the molecule is O=C1NC[C@H](c2ccc(Cl)cc2)C12CCCC2. The lowest BCUT2D eigenvalue weighted by Gasteiger charge is -2.27. The van der Waals surface area contributed by atoms with Crippen LogP contribution in [0.15, 0.2) is 24.3 Å². The molecule has 1 heterocycles. The number of halogens is 1. The van der Waals surface area contributed by atoms with Gasteiger partial charge in [0.2, 0.25) is 5.91 Å². The van der Waals surface area contributed by atoms with Crippen LogP contribution in [0.5, 0.6) is 0 Å². The second-order valence-corrected chi connectivity index (χ2v) is 5.61. The summed E-state index contributed by atoms with van der Waals surface area (Å²) >= 11 is 5.92. The van der Waals surface area contributed by atoms with E-state index in [0.29, 0.717) is 5.92 Å². The third-order valence-corrected chi connectivity index (χ3v) is 4.61. The summed E-state index contributed by atoms with van der Waals surface area (Å²) in [7, 11) is 0. The third kappa shape index (κ3) is 1.66. The van der Waals surface area contributed by atoms with Gasteiger partial charge >= 0.3 is 0 Å². The van der Waals surface area contributed by atoms with Crippen molar-refractivity contribution in [3.8, 4) is 0 Å². The van der Waals surface area contributed by atoms with E-state index in [1.165, 1.54) is 18.4 Å². The molecule has 1 atom stereocenters. The summed E-state index contributed by atoms with van der Waals surface area (Å²) in [5.74, 6) is 0.588. The molecule has 17 heavy (non-hydrogen) atoms. The molecular formula is C14H16ClNO. The van der Waals surface area contributed by atoms with Crippen molar-refractivity contribution in [3.05, 3.63) is 34.9 Å². The Kier molecular flexibility index (Phi) is 2.62. The van der Waals surface area contributed by atoms with Gasteiger partial charge in [0.05, 0.1) is 5.41 Å². The van der Waals surface area contributed by atoms with Gasteiger partial charge in [0.1, 0.15) is 0 Å². The van der Waals surface area contributed by atoms with E-state index in [4.69, 9.17) is 11.6 Å². The number of rotatable bonds is 1. The summed E-state index contributed by atoms with van der Waals surface area (Å²) in [4.78, 5) is 12.1. The summed E-state index contributed by atoms with van der Waals surface area (Å²) in [6, 6.07) is 7.96. The molecule has 1 saturated carbocycles. The monoisotopic (exact) mass is 249 g/mol. The first-order chi connectivity index (χ1) is 8.22. The van der Waals surface area contributed by atoms with Gasteiger partial charge in [-0.3, -0.25) is 4.79 Å². The smallest absolute Gasteiger partial charge is 0.226 e. The van der Waals surface area contributed by atoms with E-state index < -0.39 is 0 Å². The summed E-state index contributed by atoms with van der Waals surface area (Å²) in [6.45, 7) is 0.778. The Morgan fingerprint density at radius 2 is 1.82 bits per heavy atom. The lowest BCUT2D eigenvalue weighted by Crippen LogP contribution is -2.31. The zero-order valence-electron chi connectivity index (χ0n) is 9.71. The minimum absolute atomic E-state index is 0.131. The maximum atomic E-state index is 12.1. The molecule has 1 amide bonds. The molecule has 90 valence electrons. The quantitative estimate of drug-likeness (QED) is 0.814. The largest absolute Gasteiger partial charge is 0.355 e. The zero-order valence-corrected chi connectivity index (χ0v) is 10.5. The van der Waals surface area contributed by atoms with Crippen molar-refractivity contribution < 1.29 is 4.79 Å². The Bertz CT molecular complexity index is 434. The molecule has 1 spiro atoms. The molecule has 2 aliphatic rings. The first-order valence-electron chi connectivity index (χ1n) is 6.26. The average Bonchev–Trinajstić information content (AvgIpc) is 2.92. The van der Waals surface area contributed by atoms with Crippen molar-refractivity contribution in [3.63, 3.8) is 0 Å². The maximum absolute atomic E-state index is 12.1. The van der Waals surface area contributed by atoms with Crippen molar-refractivity contribution >= 4 is 17.5 Å². The Morgan fingerprint density at radius 1 is 1.18 bits per heavy atom. The molecular weight excluding hydrogens is 234 g/mol. The number of benzene rings is 1. The molecule has 2 nitrogen and oxygen atoms in total. The molecule has 1 N–H and O–H groups in total. The van der Waals surface area contributed by atoms with Gasteiger partial charge in [-0.1, -0.05) is 36.6 Å². The fourth-order valence-electron chi connectivity index (χ4n) is 3.44. The van der Waals surface area contributed by atoms with Crippen molar-refractivity contribution in [1.82, 2.24) is 5.32 Å². The van der Waals surface area contributed by atoms with Gasteiger partial charge in [-0.25, -0.2) is 0 Å². The number of hydrogen-bond donors (Lipinski definition) is 1. The number of carbonyl (C=O) groups excluding carboxylic acids is 1. The molecule has 0 aromatic heterocycles. The van der Waals surface area contributed by atoms with Gasteiger partial charge in [0, 0.05) is 17.5 Å². The molecule has 3 heteroatoms. The van der Waals surface area contributed by atoms with E-state index in [1.54, 1.807) is 0 Å². The van der Waals surface area contributed by atoms with Gasteiger partial charge in [-0.2, -0.15) is 0 Å².